The van der Waals surface area contributed by atoms with Gasteiger partial charge in [0.2, 0.25) is 5.72 Å². The summed E-state index contributed by atoms with van der Waals surface area (Å²) in [7, 11) is 1.60. The minimum absolute atomic E-state index is 0.269. The number of benzene rings is 2. The van der Waals surface area contributed by atoms with Crippen LogP contribution in [0.15, 0.2) is 42.5 Å². The van der Waals surface area contributed by atoms with Crippen molar-refractivity contribution in [3.05, 3.63) is 53.1 Å². The van der Waals surface area contributed by atoms with Gasteiger partial charge in [0.15, 0.2) is 5.11 Å². The molecule has 2 bridgehead atoms. The first-order chi connectivity index (χ1) is 13.9. The van der Waals surface area contributed by atoms with E-state index in [1.807, 2.05) is 37.3 Å². The number of thiocarbonyl (C=S) groups is 1. The van der Waals surface area contributed by atoms with Gasteiger partial charge in [-0.2, -0.15) is 0 Å². The van der Waals surface area contributed by atoms with E-state index >= 15 is 0 Å². The number of methoxy groups -OCH3 is 1. The summed E-state index contributed by atoms with van der Waals surface area (Å²) in [5.41, 5.74) is 0.418. The number of ether oxygens (including phenoxy) is 3. The topological polar surface area (TPSA) is 60.0 Å². The number of anilines is 1. The van der Waals surface area contributed by atoms with Gasteiger partial charge in [0.25, 0.3) is 0 Å². The summed E-state index contributed by atoms with van der Waals surface area (Å²) in [5, 5.41) is 4.31. The fourth-order valence-electron chi connectivity index (χ4n) is 4.09. The number of hydrogen-bond donors (Lipinski definition) is 1. The fourth-order valence-corrected chi connectivity index (χ4v) is 4.68. The largest absolute Gasteiger partial charge is 0.497 e. The molecule has 0 spiro atoms. The zero-order chi connectivity index (χ0) is 20.8. The SMILES string of the molecule is CCOC(=O)[C@H]1[C@H]2NC(=S)N(c3cccc(Cl)c3)[C@@]1(C)Oc1ccc(OC)cc12. The van der Waals surface area contributed by atoms with Crippen LogP contribution in [-0.4, -0.2) is 30.5 Å². The zero-order valence-electron chi connectivity index (χ0n) is 16.3. The molecule has 2 aliphatic heterocycles. The molecule has 4 rings (SSSR count). The Hall–Kier alpha value is -2.51. The van der Waals surface area contributed by atoms with E-state index in [-0.39, 0.29) is 12.6 Å². The standard InChI is InChI=1S/C21H21ClN2O4S/c1-4-27-19(25)17-18-15-11-14(26-3)8-9-16(15)28-21(17,2)24(20(29)23-18)13-7-5-6-12(22)10-13/h5-11,17-18H,4H2,1-3H3,(H,23,29)/t17-,18+,21+/m1/s1. The molecule has 0 radical (unpaired) electrons. The van der Waals surface area contributed by atoms with Crippen LogP contribution in [0.5, 0.6) is 11.5 Å². The maximum Gasteiger partial charge on any atom is 0.317 e. The summed E-state index contributed by atoms with van der Waals surface area (Å²) >= 11 is 11.9. The summed E-state index contributed by atoms with van der Waals surface area (Å²) in [6.45, 7) is 3.90. The van der Waals surface area contributed by atoms with Crippen molar-refractivity contribution >= 4 is 40.6 Å². The van der Waals surface area contributed by atoms with Gasteiger partial charge in [-0.05, 0) is 62.5 Å². The number of nitrogens with one attached hydrogen (secondary N) is 1. The number of nitrogens with zero attached hydrogens (tertiary/aromatic N) is 1. The zero-order valence-corrected chi connectivity index (χ0v) is 17.8. The van der Waals surface area contributed by atoms with E-state index in [2.05, 4.69) is 5.32 Å². The molecule has 3 atom stereocenters. The van der Waals surface area contributed by atoms with Crippen LogP contribution in [0.3, 0.4) is 0 Å². The molecule has 2 aliphatic rings. The van der Waals surface area contributed by atoms with Crippen LogP contribution < -0.4 is 19.7 Å². The lowest BCUT2D eigenvalue weighted by atomic mass is 9.79. The predicted molar refractivity (Wildman–Crippen MR) is 115 cm³/mol. The molecule has 1 fully saturated rings. The molecular formula is C21H21ClN2O4S. The molecule has 29 heavy (non-hydrogen) atoms. The Labute approximate surface area is 179 Å². The maximum atomic E-state index is 13.1. The summed E-state index contributed by atoms with van der Waals surface area (Å²) in [6.07, 6.45) is 0. The number of rotatable bonds is 4. The first-order valence-electron chi connectivity index (χ1n) is 9.29. The first-order valence-corrected chi connectivity index (χ1v) is 10.1. The summed E-state index contributed by atoms with van der Waals surface area (Å²) in [4.78, 5) is 14.9. The van der Waals surface area contributed by atoms with Crippen molar-refractivity contribution in [3.63, 3.8) is 0 Å². The van der Waals surface area contributed by atoms with Crippen LogP contribution in [0.1, 0.15) is 25.5 Å². The lowest BCUT2D eigenvalue weighted by Crippen LogP contribution is -2.71. The number of hydrogen-bond acceptors (Lipinski definition) is 5. The van der Waals surface area contributed by atoms with E-state index in [9.17, 15) is 4.79 Å². The average molecular weight is 433 g/mol. The van der Waals surface area contributed by atoms with Gasteiger partial charge in [-0.25, -0.2) is 0 Å². The summed E-state index contributed by atoms with van der Waals surface area (Å²) < 4.78 is 17.2. The number of halogens is 1. The highest BCUT2D eigenvalue weighted by Gasteiger charge is 2.59. The molecular weight excluding hydrogens is 412 g/mol. The van der Waals surface area contributed by atoms with Crippen LogP contribution in [0, 0.1) is 5.92 Å². The van der Waals surface area contributed by atoms with E-state index in [0.717, 1.165) is 11.3 Å². The first kappa shape index (κ1) is 19.8. The van der Waals surface area contributed by atoms with E-state index in [0.29, 0.717) is 21.6 Å². The highest BCUT2D eigenvalue weighted by molar-refractivity contribution is 7.80. The van der Waals surface area contributed by atoms with Crippen molar-refractivity contribution in [2.75, 3.05) is 18.6 Å². The number of esters is 1. The molecule has 1 saturated heterocycles. The minimum atomic E-state index is -1.11. The summed E-state index contributed by atoms with van der Waals surface area (Å²) in [5.74, 6) is 0.285. The van der Waals surface area contributed by atoms with Crippen LogP contribution in [0.25, 0.3) is 0 Å². The maximum absolute atomic E-state index is 13.1. The Morgan fingerprint density at radius 3 is 2.83 bits per heavy atom. The van der Waals surface area contributed by atoms with Crippen molar-refractivity contribution in [3.8, 4) is 11.5 Å². The van der Waals surface area contributed by atoms with E-state index in [4.69, 9.17) is 38.0 Å². The normalized spacial score (nSPS) is 24.8. The molecule has 152 valence electrons. The molecule has 0 saturated carbocycles. The average Bonchev–Trinajstić information content (AvgIpc) is 2.67. The van der Waals surface area contributed by atoms with Crippen LogP contribution >= 0.6 is 23.8 Å². The highest BCUT2D eigenvalue weighted by Crippen LogP contribution is 2.50. The van der Waals surface area contributed by atoms with E-state index < -0.39 is 17.7 Å². The van der Waals surface area contributed by atoms with Gasteiger partial charge < -0.3 is 19.5 Å². The second-order valence-corrected chi connectivity index (χ2v) is 7.86. The Balaban J connectivity index is 1.89. The van der Waals surface area contributed by atoms with E-state index in [1.165, 1.54) is 0 Å². The third-order valence-electron chi connectivity index (χ3n) is 5.31. The van der Waals surface area contributed by atoms with Gasteiger partial charge in [-0.15, -0.1) is 0 Å². The van der Waals surface area contributed by atoms with Gasteiger partial charge in [0.1, 0.15) is 17.4 Å². The third-order valence-corrected chi connectivity index (χ3v) is 5.85. The minimum Gasteiger partial charge on any atom is -0.497 e. The van der Waals surface area contributed by atoms with Crippen molar-refractivity contribution in [1.82, 2.24) is 5.32 Å². The molecule has 2 aromatic carbocycles. The van der Waals surface area contributed by atoms with Gasteiger partial charge in [-0.3, -0.25) is 9.69 Å². The number of fused-ring (bicyclic) bond motifs is 4. The Bertz CT molecular complexity index is 985. The second-order valence-electron chi connectivity index (χ2n) is 7.03. The number of carbonyl (C=O) groups is 1. The van der Waals surface area contributed by atoms with Crippen molar-refractivity contribution in [2.45, 2.75) is 25.6 Å². The molecule has 0 aliphatic carbocycles. The molecule has 0 unspecified atom stereocenters. The second kappa shape index (κ2) is 7.39. The van der Waals surface area contributed by atoms with Gasteiger partial charge in [0, 0.05) is 16.3 Å². The molecule has 2 heterocycles. The molecule has 8 heteroatoms. The van der Waals surface area contributed by atoms with Gasteiger partial charge in [0.05, 0.1) is 19.8 Å². The predicted octanol–water partition coefficient (Wildman–Crippen LogP) is 4.07. The lowest BCUT2D eigenvalue weighted by Gasteiger charge is -2.55. The van der Waals surface area contributed by atoms with E-state index in [1.54, 1.807) is 31.1 Å². The molecule has 0 amide bonds. The van der Waals surface area contributed by atoms with Crippen LogP contribution in [-0.2, 0) is 9.53 Å². The van der Waals surface area contributed by atoms with Crippen molar-refractivity contribution in [1.29, 1.82) is 0 Å². The Kier molecular flexibility index (Phi) is 5.04. The quantitative estimate of drug-likeness (QED) is 0.577. The lowest BCUT2D eigenvalue weighted by molar-refractivity contribution is -0.159. The smallest absolute Gasteiger partial charge is 0.317 e. The number of carbonyl (C=O) groups excluding carboxylic acids is 1. The summed E-state index contributed by atoms with van der Waals surface area (Å²) in [6, 6.07) is 12.4. The van der Waals surface area contributed by atoms with Crippen LogP contribution in [0.4, 0.5) is 5.69 Å². The van der Waals surface area contributed by atoms with Crippen molar-refractivity contribution < 1.29 is 19.0 Å². The van der Waals surface area contributed by atoms with Crippen LogP contribution in [0.2, 0.25) is 5.02 Å². The molecule has 2 aromatic rings. The molecule has 6 nitrogen and oxygen atoms in total. The Morgan fingerprint density at radius 2 is 2.14 bits per heavy atom. The highest BCUT2D eigenvalue weighted by atomic mass is 35.5. The van der Waals surface area contributed by atoms with Gasteiger partial charge in [-0.1, -0.05) is 17.7 Å². The molecule has 1 N–H and O–H groups in total. The third kappa shape index (κ3) is 3.18. The van der Waals surface area contributed by atoms with Gasteiger partial charge >= 0.3 is 5.97 Å². The Morgan fingerprint density at radius 1 is 1.34 bits per heavy atom. The van der Waals surface area contributed by atoms with Crippen molar-refractivity contribution in [2.24, 2.45) is 5.92 Å². The fraction of sp³-hybridized carbons (Fsp3) is 0.333. The molecule has 0 aromatic heterocycles. The monoisotopic (exact) mass is 432 g/mol.